The van der Waals surface area contributed by atoms with E-state index in [-0.39, 0.29) is 11.7 Å². The number of halogens is 1. The molecule has 0 saturated heterocycles. The Morgan fingerprint density at radius 2 is 1.94 bits per heavy atom. The molecular weight excluding hydrogens is 207 g/mol. The minimum absolute atomic E-state index is 0.0747. The van der Waals surface area contributed by atoms with Gasteiger partial charge in [0, 0.05) is 5.39 Å². The maximum atomic E-state index is 13.2. The SMILES string of the molecule is Cc1cc(F)cc2cc(C(O)C(C)C)oc12. The molecule has 1 aromatic carbocycles. The fourth-order valence-electron chi connectivity index (χ4n) is 1.78. The normalized spacial score (nSPS) is 13.6. The van der Waals surface area contributed by atoms with Crippen LogP contribution in [0.1, 0.15) is 31.3 Å². The lowest BCUT2D eigenvalue weighted by Crippen LogP contribution is -2.03. The topological polar surface area (TPSA) is 33.4 Å². The predicted molar refractivity (Wildman–Crippen MR) is 60.7 cm³/mol. The van der Waals surface area contributed by atoms with Gasteiger partial charge >= 0.3 is 0 Å². The molecule has 1 N–H and O–H groups in total. The number of hydrogen-bond acceptors (Lipinski definition) is 2. The Morgan fingerprint density at radius 1 is 1.25 bits per heavy atom. The van der Waals surface area contributed by atoms with E-state index in [0.29, 0.717) is 16.7 Å². The number of hydrogen-bond donors (Lipinski definition) is 1. The van der Waals surface area contributed by atoms with Gasteiger partial charge in [-0.15, -0.1) is 0 Å². The standard InChI is InChI=1S/C13H15FO2/c1-7(2)12(15)11-6-9-5-10(14)4-8(3)13(9)16-11/h4-7,12,15H,1-3H3. The molecule has 0 aliphatic carbocycles. The summed E-state index contributed by atoms with van der Waals surface area (Å²) in [4.78, 5) is 0. The molecule has 2 rings (SSSR count). The van der Waals surface area contributed by atoms with Crippen LogP contribution in [-0.4, -0.2) is 5.11 Å². The largest absolute Gasteiger partial charge is 0.458 e. The lowest BCUT2D eigenvalue weighted by atomic mass is 10.1. The third-order valence-electron chi connectivity index (χ3n) is 2.71. The maximum absolute atomic E-state index is 13.2. The highest BCUT2D eigenvalue weighted by Crippen LogP contribution is 2.30. The van der Waals surface area contributed by atoms with E-state index in [4.69, 9.17) is 4.42 Å². The summed E-state index contributed by atoms with van der Waals surface area (Å²) in [6, 6.07) is 4.55. The van der Waals surface area contributed by atoms with Crippen LogP contribution in [0.4, 0.5) is 4.39 Å². The van der Waals surface area contributed by atoms with Gasteiger partial charge in [-0.2, -0.15) is 0 Å². The van der Waals surface area contributed by atoms with Gasteiger partial charge < -0.3 is 9.52 Å². The van der Waals surface area contributed by atoms with Crippen LogP contribution in [-0.2, 0) is 0 Å². The van der Waals surface area contributed by atoms with E-state index >= 15 is 0 Å². The van der Waals surface area contributed by atoms with Crippen LogP contribution < -0.4 is 0 Å². The van der Waals surface area contributed by atoms with E-state index in [1.54, 1.807) is 13.0 Å². The van der Waals surface area contributed by atoms with Gasteiger partial charge in [-0.1, -0.05) is 13.8 Å². The lowest BCUT2D eigenvalue weighted by Gasteiger charge is -2.10. The molecular formula is C13H15FO2. The van der Waals surface area contributed by atoms with Crippen molar-refractivity contribution >= 4 is 11.0 Å². The minimum atomic E-state index is -0.644. The zero-order chi connectivity index (χ0) is 11.9. The van der Waals surface area contributed by atoms with E-state index in [9.17, 15) is 9.50 Å². The molecule has 0 spiro atoms. The molecule has 0 radical (unpaired) electrons. The molecule has 3 heteroatoms. The molecule has 1 unspecified atom stereocenters. The molecule has 0 aliphatic rings. The Labute approximate surface area is 93.7 Å². The summed E-state index contributed by atoms with van der Waals surface area (Å²) in [7, 11) is 0. The first kappa shape index (κ1) is 11.1. The average molecular weight is 222 g/mol. The van der Waals surface area contributed by atoms with Gasteiger partial charge in [0.15, 0.2) is 0 Å². The van der Waals surface area contributed by atoms with Crippen molar-refractivity contribution in [1.29, 1.82) is 0 Å². The summed E-state index contributed by atoms with van der Waals surface area (Å²) in [5.74, 6) is 0.292. The number of aliphatic hydroxyl groups is 1. The molecule has 2 nitrogen and oxygen atoms in total. The van der Waals surface area contributed by atoms with Crippen molar-refractivity contribution in [2.75, 3.05) is 0 Å². The zero-order valence-electron chi connectivity index (χ0n) is 9.62. The second-order valence-electron chi connectivity index (χ2n) is 4.48. The summed E-state index contributed by atoms with van der Waals surface area (Å²) in [5.41, 5.74) is 1.40. The first-order valence-electron chi connectivity index (χ1n) is 5.36. The van der Waals surface area contributed by atoms with Gasteiger partial charge in [0.1, 0.15) is 23.3 Å². The number of furan rings is 1. The minimum Gasteiger partial charge on any atom is -0.458 e. The van der Waals surface area contributed by atoms with Gasteiger partial charge in [-0.3, -0.25) is 0 Å². The molecule has 16 heavy (non-hydrogen) atoms. The first-order chi connectivity index (χ1) is 7.49. The predicted octanol–water partition coefficient (Wildman–Crippen LogP) is 3.57. The molecule has 0 amide bonds. The number of fused-ring (bicyclic) bond motifs is 1. The van der Waals surface area contributed by atoms with Gasteiger partial charge in [-0.05, 0) is 36.6 Å². The van der Waals surface area contributed by atoms with Crippen LogP contribution in [0.15, 0.2) is 22.6 Å². The van der Waals surface area contributed by atoms with Gasteiger partial charge in [0.05, 0.1) is 0 Å². The quantitative estimate of drug-likeness (QED) is 0.842. The van der Waals surface area contributed by atoms with Crippen LogP contribution in [0, 0.1) is 18.7 Å². The Kier molecular flexibility index (Phi) is 2.72. The zero-order valence-corrected chi connectivity index (χ0v) is 9.62. The van der Waals surface area contributed by atoms with Crippen LogP contribution >= 0.6 is 0 Å². The monoisotopic (exact) mass is 222 g/mol. The lowest BCUT2D eigenvalue weighted by molar-refractivity contribution is 0.104. The Hall–Kier alpha value is -1.35. The Morgan fingerprint density at radius 3 is 2.56 bits per heavy atom. The number of benzene rings is 1. The van der Waals surface area contributed by atoms with Crippen molar-refractivity contribution in [2.24, 2.45) is 5.92 Å². The van der Waals surface area contributed by atoms with Crippen LogP contribution in [0.25, 0.3) is 11.0 Å². The molecule has 2 aromatic rings. The fourth-order valence-corrected chi connectivity index (χ4v) is 1.78. The molecule has 0 bridgehead atoms. The van der Waals surface area contributed by atoms with Crippen molar-refractivity contribution in [1.82, 2.24) is 0 Å². The molecule has 0 fully saturated rings. The Bertz CT molecular complexity index is 514. The second-order valence-corrected chi connectivity index (χ2v) is 4.48. The smallest absolute Gasteiger partial charge is 0.137 e. The number of rotatable bonds is 2. The van der Waals surface area contributed by atoms with E-state index in [2.05, 4.69) is 0 Å². The van der Waals surface area contributed by atoms with E-state index < -0.39 is 6.10 Å². The van der Waals surface area contributed by atoms with E-state index in [0.717, 1.165) is 5.56 Å². The second kappa shape index (κ2) is 3.91. The molecule has 0 saturated carbocycles. The van der Waals surface area contributed by atoms with Crippen LogP contribution in [0.2, 0.25) is 0 Å². The van der Waals surface area contributed by atoms with Gasteiger partial charge in [0.25, 0.3) is 0 Å². The number of aliphatic hydroxyl groups excluding tert-OH is 1. The summed E-state index contributed by atoms with van der Waals surface area (Å²) < 4.78 is 18.7. The molecule has 86 valence electrons. The van der Waals surface area contributed by atoms with E-state index in [1.165, 1.54) is 12.1 Å². The highest BCUT2D eigenvalue weighted by atomic mass is 19.1. The van der Waals surface area contributed by atoms with Crippen LogP contribution in [0.5, 0.6) is 0 Å². The molecule has 1 aromatic heterocycles. The van der Waals surface area contributed by atoms with Crippen molar-refractivity contribution in [3.63, 3.8) is 0 Å². The van der Waals surface area contributed by atoms with Crippen molar-refractivity contribution < 1.29 is 13.9 Å². The third kappa shape index (κ3) is 1.83. The fraction of sp³-hybridized carbons (Fsp3) is 0.385. The molecule has 1 atom stereocenters. The first-order valence-corrected chi connectivity index (χ1v) is 5.36. The average Bonchev–Trinajstić information content (AvgIpc) is 2.60. The summed E-state index contributed by atoms with van der Waals surface area (Å²) >= 11 is 0. The summed E-state index contributed by atoms with van der Waals surface area (Å²) in [6.07, 6.45) is -0.644. The highest BCUT2D eigenvalue weighted by Gasteiger charge is 2.17. The Balaban J connectivity index is 2.56. The van der Waals surface area contributed by atoms with Crippen molar-refractivity contribution in [3.05, 3.63) is 35.3 Å². The summed E-state index contributed by atoms with van der Waals surface area (Å²) in [5, 5.41) is 10.6. The van der Waals surface area contributed by atoms with Gasteiger partial charge in [0.2, 0.25) is 0 Å². The van der Waals surface area contributed by atoms with Crippen molar-refractivity contribution in [3.8, 4) is 0 Å². The highest BCUT2D eigenvalue weighted by molar-refractivity contribution is 5.81. The third-order valence-corrected chi connectivity index (χ3v) is 2.71. The van der Waals surface area contributed by atoms with Crippen molar-refractivity contribution in [2.45, 2.75) is 26.9 Å². The van der Waals surface area contributed by atoms with E-state index in [1.807, 2.05) is 13.8 Å². The molecule has 1 heterocycles. The van der Waals surface area contributed by atoms with Gasteiger partial charge in [-0.25, -0.2) is 4.39 Å². The molecule has 0 aliphatic heterocycles. The number of aryl methyl sites for hydroxylation is 1. The summed E-state index contributed by atoms with van der Waals surface area (Å²) in [6.45, 7) is 5.61. The van der Waals surface area contributed by atoms with Crippen LogP contribution in [0.3, 0.4) is 0 Å². The maximum Gasteiger partial charge on any atom is 0.137 e.